The van der Waals surface area contributed by atoms with Crippen molar-refractivity contribution in [1.29, 1.82) is 0 Å². The average molecular weight is 251 g/mol. The highest BCUT2D eigenvalue weighted by Crippen LogP contribution is 2.09. The van der Waals surface area contributed by atoms with Crippen LogP contribution < -0.4 is 5.73 Å². The number of esters is 1. The Kier molecular flexibility index (Phi) is 6.39. The molecule has 0 amide bonds. The highest BCUT2D eigenvalue weighted by molar-refractivity contribution is 5.73. The van der Waals surface area contributed by atoms with Crippen molar-refractivity contribution < 1.29 is 14.3 Å². The molecule has 0 bridgehead atoms. The Morgan fingerprint density at radius 2 is 1.89 bits per heavy atom. The molecule has 4 nitrogen and oxygen atoms in total. The first-order valence-electron chi connectivity index (χ1n) is 6.17. The zero-order valence-electron chi connectivity index (χ0n) is 11.0. The Morgan fingerprint density at radius 3 is 2.50 bits per heavy atom. The number of rotatable bonds is 7. The number of benzene rings is 1. The van der Waals surface area contributed by atoms with Gasteiger partial charge in [0, 0.05) is 6.54 Å². The van der Waals surface area contributed by atoms with E-state index < -0.39 is 0 Å². The van der Waals surface area contributed by atoms with Gasteiger partial charge in [0.1, 0.15) is 6.61 Å². The summed E-state index contributed by atoms with van der Waals surface area (Å²) < 4.78 is 10.4. The molecule has 0 atom stereocenters. The van der Waals surface area contributed by atoms with Gasteiger partial charge in [-0.1, -0.05) is 24.3 Å². The molecule has 0 heterocycles. The fourth-order valence-electron chi connectivity index (χ4n) is 1.57. The molecule has 1 aromatic rings. The van der Waals surface area contributed by atoms with Crippen LogP contribution in [0.5, 0.6) is 0 Å². The van der Waals surface area contributed by atoms with Gasteiger partial charge in [-0.05, 0) is 25.0 Å². The van der Waals surface area contributed by atoms with E-state index >= 15 is 0 Å². The number of nitrogens with two attached hydrogens (primary N) is 1. The fraction of sp³-hybridized carbons (Fsp3) is 0.500. The zero-order valence-corrected chi connectivity index (χ0v) is 11.0. The molecule has 0 radical (unpaired) electrons. The lowest BCUT2D eigenvalue weighted by Gasteiger charge is -2.09. The van der Waals surface area contributed by atoms with Crippen LogP contribution in [0.25, 0.3) is 0 Å². The van der Waals surface area contributed by atoms with E-state index in [1.807, 2.05) is 38.1 Å². The van der Waals surface area contributed by atoms with Crippen LogP contribution in [0, 0.1) is 0 Å². The largest absolute Gasteiger partial charge is 0.463 e. The van der Waals surface area contributed by atoms with Crippen molar-refractivity contribution in [1.82, 2.24) is 0 Å². The third kappa shape index (κ3) is 5.29. The van der Waals surface area contributed by atoms with Gasteiger partial charge in [0.15, 0.2) is 0 Å². The first-order valence-corrected chi connectivity index (χ1v) is 6.17. The summed E-state index contributed by atoms with van der Waals surface area (Å²) in [5.74, 6) is -0.247. The molecule has 0 spiro atoms. The molecule has 0 aliphatic carbocycles. The summed E-state index contributed by atoms with van der Waals surface area (Å²) in [6.45, 7) is 5.04. The van der Waals surface area contributed by atoms with Gasteiger partial charge in [0.2, 0.25) is 0 Å². The maximum atomic E-state index is 11.6. The Balaban J connectivity index is 2.35. The normalized spacial score (nSPS) is 10.7. The number of carbonyl (C=O) groups excluding carboxylic acids is 1. The van der Waals surface area contributed by atoms with Gasteiger partial charge < -0.3 is 15.2 Å². The van der Waals surface area contributed by atoms with E-state index in [0.717, 1.165) is 11.1 Å². The molecular formula is C14H21NO3. The molecule has 0 fully saturated rings. The monoisotopic (exact) mass is 251 g/mol. The van der Waals surface area contributed by atoms with Gasteiger partial charge in [-0.2, -0.15) is 0 Å². The standard InChI is InChI=1S/C14H21NO3/c1-11(2)17-7-8-18-14(16)9-12-5-3-4-6-13(12)10-15/h3-6,11H,7-10,15H2,1-2H3. The Hall–Kier alpha value is -1.39. The van der Waals surface area contributed by atoms with Gasteiger partial charge >= 0.3 is 5.97 Å². The minimum absolute atomic E-state index is 0.154. The summed E-state index contributed by atoms with van der Waals surface area (Å²) in [5, 5.41) is 0. The van der Waals surface area contributed by atoms with Gasteiger partial charge in [0.05, 0.1) is 19.1 Å². The molecule has 100 valence electrons. The number of hydrogen-bond donors (Lipinski definition) is 1. The highest BCUT2D eigenvalue weighted by Gasteiger charge is 2.08. The van der Waals surface area contributed by atoms with Crippen molar-refractivity contribution in [2.45, 2.75) is 32.9 Å². The lowest BCUT2D eigenvalue weighted by atomic mass is 10.1. The highest BCUT2D eigenvalue weighted by atomic mass is 16.6. The summed E-state index contributed by atoms with van der Waals surface area (Å²) in [7, 11) is 0. The molecule has 0 aliphatic heterocycles. The lowest BCUT2D eigenvalue weighted by molar-refractivity contribution is -0.144. The van der Waals surface area contributed by atoms with Crippen LogP contribution in [-0.4, -0.2) is 25.3 Å². The third-order valence-corrected chi connectivity index (χ3v) is 2.47. The van der Waals surface area contributed by atoms with Crippen molar-refractivity contribution in [2.75, 3.05) is 13.2 Å². The Labute approximate surface area is 108 Å². The second-order valence-corrected chi connectivity index (χ2v) is 4.29. The topological polar surface area (TPSA) is 61.5 Å². The van der Waals surface area contributed by atoms with Crippen LogP contribution in [0.3, 0.4) is 0 Å². The molecule has 0 aromatic heterocycles. The lowest BCUT2D eigenvalue weighted by Crippen LogP contribution is -2.15. The van der Waals surface area contributed by atoms with E-state index in [1.54, 1.807) is 0 Å². The van der Waals surface area contributed by atoms with Crippen molar-refractivity contribution in [2.24, 2.45) is 5.73 Å². The van der Waals surface area contributed by atoms with Crippen molar-refractivity contribution in [3.05, 3.63) is 35.4 Å². The summed E-state index contributed by atoms with van der Waals surface area (Å²) >= 11 is 0. The van der Waals surface area contributed by atoms with Crippen molar-refractivity contribution in [3.63, 3.8) is 0 Å². The van der Waals surface area contributed by atoms with E-state index in [9.17, 15) is 4.79 Å². The van der Waals surface area contributed by atoms with Gasteiger partial charge in [0.25, 0.3) is 0 Å². The number of ether oxygens (including phenoxy) is 2. The average Bonchev–Trinajstić information content (AvgIpc) is 2.35. The molecule has 0 saturated carbocycles. The van der Waals surface area contributed by atoms with Gasteiger partial charge in [-0.3, -0.25) is 4.79 Å². The summed E-state index contributed by atoms with van der Waals surface area (Å²) in [4.78, 5) is 11.6. The number of carbonyl (C=O) groups is 1. The summed E-state index contributed by atoms with van der Waals surface area (Å²) in [5.41, 5.74) is 7.51. The molecule has 1 aromatic carbocycles. The minimum Gasteiger partial charge on any atom is -0.463 e. The predicted octanol–water partition coefficient (Wildman–Crippen LogP) is 1.66. The third-order valence-electron chi connectivity index (χ3n) is 2.47. The molecule has 0 saturated heterocycles. The first-order chi connectivity index (χ1) is 8.63. The minimum atomic E-state index is -0.247. The molecule has 4 heteroatoms. The predicted molar refractivity (Wildman–Crippen MR) is 70.1 cm³/mol. The quantitative estimate of drug-likeness (QED) is 0.591. The van der Waals surface area contributed by atoms with E-state index in [2.05, 4.69) is 0 Å². The Morgan fingerprint density at radius 1 is 1.22 bits per heavy atom. The summed E-state index contributed by atoms with van der Waals surface area (Å²) in [6.07, 6.45) is 0.413. The SMILES string of the molecule is CC(C)OCCOC(=O)Cc1ccccc1CN. The summed E-state index contributed by atoms with van der Waals surface area (Å²) in [6, 6.07) is 7.62. The van der Waals surface area contributed by atoms with E-state index in [4.69, 9.17) is 15.2 Å². The smallest absolute Gasteiger partial charge is 0.310 e. The second kappa shape index (κ2) is 7.84. The zero-order chi connectivity index (χ0) is 13.4. The van der Waals surface area contributed by atoms with Crippen LogP contribution in [-0.2, 0) is 27.2 Å². The van der Waals surface area contributed by atoms with Crippen LogP contribution in [0.1, 0.15) is 25.0 Å². The molecular weight excluding hydrogens is 230 g/mol. The molecule has 18 heavy (non-hydrogen) atoms. The fourth-order valence-corrected chi connectivity index (χ4v) is 1.57. The van der Waals surface area contributed by atoms with Gasteiger partial charge in [-0.25, -0.2) is 0 Å². The van der Waals surface area contributed by atoms with Gasteiger partial charge in [-0.15, -0.1) is 0 Å². The van der Waals surface area contributed by atoms with Crippen LogP contribution in [0.4, 0.5) is 0 Å². The molecule has 2 N–H and O–H groups in total. The molecule has 0 aliphatic rings. The second-order valence-electron chi connectivity index (χ2n) is 4.29. The van der Waals surface area contributed by atoms with E-state index in [0.29, 0.717) is 19.8 Å². The van der Waals surface area contributed by atoms with E-state index in [1.165, 1.54) is 0 Å². The Bertz CT molecular complexity index is 377. The van der Waals surface area contributed by atoms with Crippen LogP contribution in [0.2, 0.25) is 0 Å². The van der Waals surface area contributed by atoms with E-state index in [-0.39, 0.29) is 18.5 Å². The van der Waals surface area contributed by atoms with Crippen molar-refractivity contribution >= 4 is 5.97 Å². The van der Waals surface area contributed by atoms with Crippen LogP contribution >= 0.6 is 0 Å². The molecule has 1 rings (SSSR count). The first kappa shape index (κ1) is 14.7. The maximum absolute atomic E-state index is 11.6. The van der Waals surface area contributed by atoms with Crippen molar-refractivity contribution in [3.8, 4) is 0 Å². The maximum Gasteiger partial charge on any atom is 0.310 e. The number of hydrogen-bond acceptors (Lipinski definition) is 4. The molecule has 0 unspecified atom stereocenters. The van der Waals surface area contributed by atoms with Crippen LogP contribution in [0.15, 0.2) is 24.3 Å².